The molecule has 0 unspecified atom stereocenters. The van der Waals surface area contributed by atoms with Crippen LogP contribution in [0.2, 0.25) is 0 Å². The molecule has 1 saturated carbocycles. The highest BCUT2D eigenvalue weighted by Crippen LogP contribution is 2.36. The van der Waals surface area contributed by atoms with Gasteiger partial charge in [0.1, 0.15) is 0 Å². The van der Waals surface area contributed by atoms with E-state index in [9.17, 15) is 0 Å². The number of benzene rings is 1. The third-order valence-corrected chi connectivity index (χ3v) is 2.99. The van der Waals surface area contributed by atoms with E-state index in [2.05, 4.69) is 43.3 Å². The maximum atomic E-state index is 2.28. The summed E-state index contributed by atoms with van der Waals surface area (Å²) in [6.07, 6.45) is 4.20. The van der Waals surface area contributed by atoms with Crippen molar-refractivity contribution in [2.75, 3.05) is 19.0 Å². The zero-order valence-corrected chi connectivity index (χ0v) is 8.46. The molecule has 1 fully saturated rings. The van der Waals surface area contributed by atoms with Gasteiger partial charge < -0.3 is 4.90 Å². The molecule has 1 aliphatic rings. The van der Waals surface area contributed by atoms with E-state index in [0.29, 0.717) is 0 Å². The molecule has 0 atom stereocenters. The minimum absolute atomic E-state index is 0.858. The van der Waals surface area contributed by atoms with Crippen LogP contribution in [-0.4, -0.2) is 14.1 Å². The Hall–Kier alpha value is -0.980. The van der Waals surface area contributed by atoms with E-state index in [1.165, 1.54) is 30.5 Å². The van der Waals surface area contributed by atoms with Gasteiger partial charge in [-0.05, 0) is 36.5 Å². The Morgan fingerprint density at radius 2 is 1.69 bits per heavy atom. The molecule has 0 aromatic heterocycles. The molecule has 1 aliphatic carbocycles. The molecule has 0 bridgehead atoms. The molecule has 1 nitrogen and oxygen atoms in total. The van der Waals surface area contributed by atoms with Gasteiger partial charge in [-0.3, -0.25) is 0 Å². The summed E-state index contributed by atoms with van der Waals surface area (Å²) >= 11 is 0. The molecule has 0 spiro atoms. The second-order valence-corrected chi connectivity index (χ2v) is 4.11. The normalized spacial score (nSPS) is 16.8. The summed E-state index contributed by atoms with van der Waals surface area (Å²) < 4.78 is 0. The van der Waals surface area contributed by atoms with Crippen LogP contribution in [0, 0.1) is 0 Å². The van der Waals surface area contributed by atoms with Crippen molar-refractivity contribution in [2.24, 2.45) is 0 Å². The van der Waals surface area contributed by atoms with E-state index in [1.807, 2.05) is 0 Å². The molecule has 0 aliphatic heterocycles. The maximum absolute atomic E-state index is 2.28. The van der Waals surface area contributed by atoms with Crippen molar-refractivity contribution in [3.63, 3.8) is 0 Å². The van der Waals surface area contributed by atoms with Crippen LogP contribution in [0.5, 0.6) is 0 Å². The summed E-state index contributed by atoms with van der Waals surface area (Å²) in [6, 6.07) is 8.99. The first kappa shape index (κ1) is 8.61. The Kier molecular flexibility index (Phi) is 2.26. The Bertz CT molecular complexity index is 270. The number of hydrogen-bond donors (Lipinski definition) is 0. The predicted molar refractivity (Wildman–Crippen MR) is 57.4 cm³/mol. The number of anilines is 1. The van der Waals surface area contributed by atoms with Crippen LogP contribution in [0.4, 0.5) is 5.69 Å². The Labute approximate surface area is 80.4 Å². The molecule has 1 aromatic carbocycles. The summed E-state index contributed by atoms with van der Waals surface area (Å²) in [4.78, 5) is 2.14. The first-order valence-electron chi connectivity index (χ1n) is 5.04. The lowest BCUT2D eigenvalue weighted by Crippen LogP contribution is -2.10. The Morgan fingerprint density at radius 1 is 1.08 bits per heavy atom. The van der Waals surface area contributed by atoms with Crippen LogP contribution in [0.1, 0.15) is 30.7 Å². The van der Waals surface area contributed by atoms with Gasteiger partial charge in [-0.15, -0.1) is 0 Å². The minimum Gasteiger partial charge on any atom is -0.378 e. The van der Waals surface area contributed by atoms with Crippen LogP contribution in [0.25, 0.3) is 0 Å². The number of nitrogens with zero attached hydrogens (tertiary/aromatic N) is 1. The lowest BCUT2D eigenvalue weighted by Gasteiger charge is -2.26. The van der Waals surface area contributed by atoms with Gasteiger partial charge in [-0.2, -0.15) is 0 Å². The molecule has 1 heteroatoms. The lowest BCUT2D eigenvalue weighted by atomic mass is 9.80. The molecule has 13 heavy (non-hydrogen) atoms. The molecule has 70 valence electrons. The summed E-state index contributed by atoms with van der Waals surface area (Å²) in [5.41, 5.74) is 2.82. The monoisotopic (exact) mass is 175 g/mol. The summed E-state index contributed by atoms with van der Waals surface area (Å²) in [6.45, 7) is 0. The maximum Gasteiger partial charge on any atom is 0.0361 e. The highest BCUT2D eigenvalue weighted by molar-refractivity contribution is 5.46. The molecule has 0 N–H and O–H groups in total. The fourth-order valence-corrected chi connectivity index (χ4v) is 1.79. The standard InChI is InChI=1S/C12H17N/c1-13(2)12-8-6-11(7-9-12)10-4-3-5-10/h6-10H,3-5H2,1-2H3. The smallest absolute Gasteiger partial charge is 0.0361 e. The third kappa shape index (κ3) is 1.69. The van der Waals surface area contributed by atoms with Gasteiger partial charge >= 0.3 is 0 Å². The molecule has 0 saturated heterocycles. The highest BCUT2D eigenvalue weighted by atomic mass is 15.1. The zero-order chi connectivity index (χ0) is 9.26. The molecule has 0 radical (unpaired) electrons. The largest absolute Gasteiger partial charge is 0.378 e. The molecular weight excluding hydrogens is 158 g/mol. The van der Waals surface area contributed by atoms with Crippen LogP contribution in [0.3, 0.4) is 0 Å². The third-order valence-electron chi connectivity index (χ3n) is 2.99. The van der Waals surface area contributed by atoms with Gasteiger partial charge in [-0.25, -0.2) is 0 Å². The van der Waals surface area contributed by atoms with Crippen molar-refractivity contribution in [3.8, 4) is 0 Å². The van der Waals surface area contributed by atoms with E-state index >= 15 is 0 Å². The lowest BCUT2D eigenvalue weighted by molar-refractivity contribution is 0.420. The fourth-order valence-electron chi connectivity index (χ4n) is 1.79. The van der Waals surface area contributed by atoms with Gasteiger partial charge in [0.15, 0.2) is 0 Å². The Morgan fingerprint density at radius 3 is 2.08 bits per heavy atom. The van der Waals surface area contributed by atoms with Gasteiger partial charge in [0, 0.05) is 19.8 Å². The van der Waals surface area contributed by atoms with Gasteiger partial charge in [-0.1, -0.05) is 18.6 Å². The van der Waals surface area contributed by atoms with Crippen LogP contribution in [0.15, 0.2) is 24.3 Å². The van der Waals surface area contributed by atoms with Gasteiger partial charge in [0.2, 0.25) is 0 Å². The average Bonchev–Trinajstić information content (AvgIpc) is 2.02. The molecule has 0 amide bonds. The summed E-state index contributed by atoms with van der Waals surface area (Å²) in [5.74, 6) is 0.858. The van der Waals surface area contributed by atoms with E-state index < -0.39 is 0 Å². The molecule has 1 aromatic rings. The van der Waals surface area contributed by atoms with E-state index in [-0.39, 0.29) is 0 Å². The minimum atomic E-state index is 0.858. The molecule has 0 heterocycles. The van der Waals surface area contributed by atoms with E-state index in [1.54, 1.807) is 0 Å². The van der Waals surface area contributed by atoms with Crippen molar-refractivity contribution in [2.45, 2.75) is 25.2 Å². The van der Waals surface area contributed by atoms with Crippen LogP contribution < -0.4 is 4.90 Å². The number of hydrogen-bond acceptors (Lipinski definition) is 1. The number of rotatable bonds is 2. The van der Waals surface area contributed by atoms with Crippen molar-refractivity contribution in [3.05, 3.63) is 29.8 Å². The van der Waals surface area contributed by atoms with Crippen LogP contribution in [-0.2, 0) is 0 Å². The van der Waals surface area contributed by atoms with Gasteiger partial charge in [0.05, 0.1) is 0 Å². The topological polar surface area (TPSA) is 3.24 Å². The second kappa shape index (κ2) is 3.41. The first-order valence-corrected chi connectivity index (χ1v) is 5.04. The van der Waals surface area contributed by atoms with Crippen molar-refractivity contribution >= 4 is 5.69 Å². The molecular formula is C12H17N. The average molecular weight is 175 g/mol. The van der Waals surface area contributed by atoms with E-state index in [0.717, 1.165) is 5.92 Å². The quantitative estimate of drug-likeness (QED) is 0.668. The van der Waals surface area contributed by atoms with E-state index in [4.69, 9.17) is 0 Å². The van der Waals surface area contributed by atoms with Gasteiger partial charge in [0.25, 0.3) is 0 Å². The fraction of sp³-hybridized carbons (Fsp3) is 0.500. The Balaban J connectivity index is 2.13. The van der Waals surface area contributed by atoms with Crippen LogP contribution >= 0.6 is 0 Å². The zero-order valence-electron chi connectivity index (χ0n) is 8.46. The summed E-state index contributed by atoms with van der Waals surface area (Å²) in [5, 5.41) is 0. The van der Waals surface area contributed by atoms with Crippen molar-refractivity contribution < 1.29 is 0 Å². The summed E-state index contributed by atoms with van der Waals surface area (Å²) in [7, 11) is 4.16. The molecule has 2 rings (SSSR count). The van der Waals surface area contributed by atoms with Crippen molar-refractivity contribution in [1.82, 2.24) is 0 Å². The van der Waals surface area contributed by atoms with Crippen molar-refractivity contribution in [1.29, 1.82) is 0 Å². The first-order chi connectivity index (χ1) is 6.27. The SMILES string of the molecule is CN(C)c1ccc(C2CCC2)cc1. The second-order valence-electron chi connectivity index (χ2n) is 4.11. The predicted octanol–water partition coefficient (Wildman–Crippen LogP) is 3.02. The highest BCUT2D eigenvalue weighted by Gasteiger charge is 2.18.